The maximum absolute atomic E-state index is 5.52. The van der Waals surface area contributed by atoms with Crippen molar-refractivity contribution < 1.29 is 4.74 Å². The molecule has 2 fully saturated rings. The second-order valence-electron chi connectivity index (χ2n) is 7.89. The topological polar surface area (TPSA) is 24.5 Å². The van der Waals surface area contributed by atoms with Gasteiger partial charge in [0.05, 0.1) is 5.60 Å². The lowest BCUT2D eigenvalue weighted by molar-refractivity contribution is 0.00798. The van der Waals surface area contributed by atoms with E-state index in [0.717, 1.165) is 18.4 Å². The van der Waals surface area contributed by atoms with Gasteiger partial charge in [-0.2, -0.15) is 0 Å². The third-order valence-electron chi connectivity index (χ3n) is 5.60. The number of likely N-dealkylation sites (tertiary alicyclic amines) is 1. The van der Waals surface area contributed by atoms with Crippen LogP contribution in [0.4, 0.5) is 0 Å². The summed E-state index contributed by atoms with van der Waals surface area (Å²) in [5, 5.41) is 3.73. The highest BCUT2D eigenvalue weighted by Crippen LogP contribution is 2.27. The average molecular weight is 296 g/mol. The number of nitrogens with one attached hydrogen (secondary N) is 1. The fourth-order valence-electron chi connectivity index (χ4n) is 4.05. The first-order valence-electron chi connectivity index (χ1n) is 9.03. The molecule has 1 aliphatic carbocycles. The predicted octanol–water partition coefficient (Wildman–Crippen LogP) is 3.43. The Kier molecular flexibility index (Phi) is 6.51. The Morgan fingerprint density at radius 1 is 1.14 bits per heavy atom. The lowest BCUT2D eigenvalue weighted by Crippen LogP contribution is -2.44. The van der Waals surface area contributed by atoms with Crippen LogP contribution in [0.5, 0.6) is 0 Å². The molecule has 3 heteroatoms. The molecule has 21 heavy (non-hydrogen) atoms. The van der Waals surface area contributed by atoms with Crippen LogP contribution in [0.1, 0.15) is 65.7 Å². The van der Waals surface area contributed by atoms with Crippen LogP contribution >= 0.6 is 0 Å². The second-order valence-corrected chi connectivity index (χ2v) is 7.89. The van der Waals surface area contributed by atoms with Gasteiger partial charge in [-0.05, 0) is 78.4 Å². The molecule has 0 bridgehead atoms. The molecule has 1 N–H and O–H groups in total. The van der Waals surface area contributed by atoms with Crippen LogP contribution in [0, 0.1) is 5.92 Å². The Balaban J connectivity index is 1.62. The maximum Gasteiger partial charge on any atom is 0.0637 e. The molecule has 3 nitrogen and oxygen atoms in total. The largest absolute Gasteiger partial charge is 0.379 e. The summed E-state index contributed by atoms with van der Waals surface area (Å²) in [6.07, 6.45) is 9.65. The molecular weight excluding hydrogens is 260 g/mol. The van der Waals surface area contributed by atoms with E-state index in [0.29, 0.717) is 6.04 Å². The molecule has 1 saturated carbocycles. The molecule has 0 aromatic carbocycles. The van der Waals surface area contributed by atoms with Gasteiger partial charge in [0, 0.05) is 19.2 Å². The third kappa shape index (κ3) is 5.54. The summed E-state index contributed by atoms with van der Waals surface area (Å²) >= 11 is 0. The summed E-state index contributed by atoms with van der Waals surface area (Å²) in [5.74, 6) is 0.871. The van der Waals surface area contributed by atoms with Crippen molar-refractivity contribution in [3.05, 3.63) is 0 Å². The molecule has 1 heterocycles. The average Bonchev–Trinajstić information content (AvgIpc) is 2.99. The minimum Gasteiger partial charge on any atom is -0.379 e. The first-order valence-corrected chi connectivity index (χ1v) is 9.03. The summed E-state index contributed by atoms with van der Waals surface area (Å²) in [6.45, 7) is 10.5. The van der Waals surface area contributed by atoms with Crippen LogP contribution in [0.3, 0.4) is 0 Å². The van der Waals surface area contributed by atoms with Gasteiger partial charge in [-0.25, -0.2) is 0 Å². The fraction of sp³-hybridized carbons (Fsp3) is 1.00. The number of piperidine rings is 1. The van der Waals surface area contributed by atoms with Crippen molar-refractivity contribution in [3.63, 3.8) is 0 Å². The highest BCUT2D eigenvalue weighted by molar-refractivity contribution is 4.83. The molecule has 2 rings (SSSR count). The summed E-state index contributed by atoms with van der Waals surface area (Å²) < 4.78 is 5.52. The van der Waals surface area contributed by atoms with Gasteiger partial charge in [0.2, 0.25) is 0 Å². The van der Waals surface area contributed by atoms with E-state index in [1.165, 1.54) is 58.2 Å². The standard InChI is InChI=1S/C18H36N2O/c1-15(13-18(2,3)21-4)19-14-16-9-11-20(12-10-16)17-7-5-6-8-17/h15-17,19H,5-14H2,1-4H3. The van der Waals surface area contributed by atoms with Crippen LogP contribution in [0.2, 0.25) is 0 Å². The van der Waals surface area contributed by atoms with Gasteiger partial charge in [-0.15, -0.1) is 0 Å². The smallest absolute Gasteiger partial charge is 0.0637 e. The molecular formula is C18H36N2O. The molecule has 2 aliphatic rings. The molecule has 0 aromatic rings. The van der Waals surface area contributed by atoms with Crippen LogP contribution in [0.25, 0.3) is 0 Å². The van der Waals surface area contributed by atoms with Crippen molar-refractivity contribution in [1.82, 2.24) is 10.2 Å². The maximum atomic E-state index is 5.52. The highest BCUT2D eigenvalue weighted by atomic mass is 16.5. The van der Waals surface area contributed by atoms with E-state index in [2.05, 4.69) is 31.0 Å². The van der Waals surface area contributed by atoms with E-state index < -0.39 is 0 Å². The Morgan fingerprint density at radius 2 is 1.76 bits per heavy atom. The van der Waals surface area contributed by atoms with E-state index in [4.69, 9.17) is 4.74 Å². The van der Waals surface area contributed by atoms with Gasteiger partial charge >= 0.3 is 0 Å². The lowest BCUT2D eigenvalue weighted by atomic mass is 9.94. The van der Waals surface area contributed by atoms with E-state index in [9.17, 15) is 0 Å². The van der Waals surface area contributed by atoms with Crippen LogP contribution in [-0.2, 0) is 4.74 Å². The number of hydrogen-bond donors (Lipinski definition) is 1. The SMILES string of the molecule is COC(C)(C)CC(C)NCC1CCN(C2CCCC2)CC1. The van der Waals surface area contributed by atoms with E-state index in [1.807, 2.05) is 7.11 Å². The van der Waals surface area contributed by atoms with E-state index >= 15 is 0 Å². The Labute approximate surface area is 131 Å². The van der Waals surface area contributed by atoms with Gasteiger partial charge in [0.15, 0.2) is 0 Å². The van der Waals surface area contributed by atoms with Gasteiger partial charge in [-0.1, -0.05) is 12.8 Å². The zero-order chi connectivity index (χ0) is 15.3. The Bertz CT molecular complexity index is 292. The molecule has 1 unspecified atom stereocenters. The number of rotatable bonds is 7. The van der Waals surface area contributed by atoms with E-state index in [1.54, 1.807) is 0 Å². The molecule has 0 aromatic heterocycles. The molecule has 1 saturated heterocycles. The molecule has 124 valence electrons. The third-order valence-corrected chi connectivity index (χ3v) is 5.60. The molecule has 1 aliphatic heterocycles. The first kappa shape index (κ1) is 17.2. The van der Waals surface area contributed by atoms with Crippen molar-refractivity contribution in [2.75, 3.05) is 26.7 Å². The van der Waals surface area contributed by atoms with Crippen LogP contribution in [0.15, 0.2) is 0 Å². The first-order chi connectivity index (χ1) is 10.00. The molecule has 1 atom stereocenters. The number of nitrogens with zero attached hydrogens (tertiary/aromatic N) is 1. The van der Waals surface area contributed by atoms with Gasteiger partial charge in [-0.3, -0.25) is 0 Å². The predicted molar refractivity (Wildman–Crippen MR) is 89.7 cm³/mol. The minimum absolute atomic E-state index is 0.0156. The van der Waals surface area contributed by atoms with Crippen molar-refractivity contribution in [1.29, 1.82) is 0 Å². The second kappa shape index (κ2) is 7.94. The quantitative estimate of drug-likeness (QED) is 0.779. The Hall–Kier alpha value is -0.120. The number of ether oxygens (including phenoxy) is 1. The van der Waals surface area contributed by atoms with Crippen molar-refractivity contribution in [2.24, 2.45) is 5.92 Å². The van der Waals surface area contributed by atoms with Gasteiger partial charge in [0.1, 0.15) is 0 Å². The summed E-state index contributed by atoms with van der Waals surface area (Å²) in [7, 11) is 1.81. The zero-order valence-corrected chi connectivity index (χ0v) is 14.7. The van der Waals surface area contributed by atoms with Gasteiger partial charge in [0.25, 0.3) is 0 Å². The van der Waals surface area contributed by atoms with Gasteiger partial charge < -0.3 is 15.0 Å². The van der Waals surface area contributed by atoms with E-state index in [-0.39, 0.29) is 5.60 Å². The lowest BCUT2D eigenvalue weighted by Gasteiger charge is -2.36. The summed E-state index contributed by atoms with van der Waals surface area (Å²) in [4.78, 5) is 2.76. The number of hydrogen-bond acceptors (Lipinski definition) is 3. The van der Waals surface area contributed by atoms with Crippen LogP contribution in [-0.4, -0.2) is 49.3 Å². The minimum atomic E-state index is -0.0156. The highest BCUT2D eigenvalue weighted by Gasteiger charge is 2.27. The van der Waals surface area contributed by atoms with Crippen LogP contribution < -0.4 is 5.32 Å². The van der Waals surface area contributed by atoms with Crippen molar-refractivity contribution in [2.45, 2.75) is 83.4 Å². The fourth-order valence-corrected chi connectivity index (χ4v) is 4.05. The van der Waals surface area contributed by atoms with Crippen molar-refractivity contribution in [3.8, 4) is 0 Å². The molecule has 0 spiro atoms. The van der Waals surface area contributed by atoms with Crippen molar-refractivity contribution >= 4 is 0 Å². The molecule has 0 amide bonds. The summed E-state index contributed by atoms with van der Waals surface area (Å²) in [6, 6.07) is 1.45. The summed E-state index contributed by atoms with van der Waals surface area (Å²) in [5.41, 5.74) is -0.0156. The monoisotopic (exact) mass is 296 g/mol. The number of methoxy groups -OCH3 is 1. The molecule has 0 radical (unpaired) electrons. The Morgan fingerprint density at radius 3 is 2.33 bits per heavy atom. The zero-order valence-electron chi connectivity index (χ0n) is 14.7. The normalized spacial score (nSPS) is 24.6.